The molecule has 3 heterocycles. The third kappa shape index (κ3) is 5.95. The van der Waals surface area contributed by atoms with Crippen molar-refractivity contribution in [2.24, 2.45) is 0 Å². The Morgan fingerprint density at radius 1 is 0.806 bits per heavy atom. The largest absolute Gasteiger partial charge is 0.467 e. The molecule has 2 aromatic rings. The van der Waals surface area contributed by atoms with Crippen LogP contribution in [-0.2, 0) is 16.1 Å². The molecule has 7 heteroatoms. The monoisotopic (exact) mass is 424 g/mol. The zero-order valence-electron chi connectivity index (χ0n) is 18.1. The molecule has 2 saturated heterocycles. The molecule has 0 bridgehead atoms. The zero-order chi connectivity index (χ0) is 21.5. The van der Waals surface area contributed by atoms with Gasteiger partial charge in [0.25, 0.3) is 0 Å². The molecule has 0 saturated carbocycles. The molecule has 7 nitrogen and oxygen atoms in total. The number of nitrogens with zero attached hydrogens (tertiary/aromatic N) is 4. The van der Waals surface area contributed by atoms with E-state index in [-0.39, 0.29) is 11.8 Å². The van der Waals surface area contributed by atoms with E-state index in [1.54, 1.807) is 11.2 Å². The Morgan fingerprint density at radius 2 is 1.52 bits per heavy atom. The summed E-state index contributed by atoms with van der Waals surface area (Å²) in [7, 11) is 0. The maximum absolute atomic E-state index is 13.3. The highest BCUT2D eigenvalue weighted by Crippen LogP contribution is 2.18. The van der Waals surface area contributed by atoms with E-state index in [0.717, 1.165) is 70.0 Å². The van der Waals surface area contributed by atoms with Crippen LogP contribution < -0.4 is 4.90 Å². The molecule has 0 unspecified atom stereocenters. The Hall–Kier alpha value is -2.64. The van der Waals surface area contributed by atoms with E-state index >= 15 is 0 Å². The van der Waals surface area contributed by atoms with Gasteiger partial charge in [0.15, 0.2) is 0 Å². The number of para-hydroxylation sites is 1. The van der Waals surface area contributed by atoms with Gasteiger partial charge in [-0.3, -0.25) is 19.4 Å². The summed E-state index contributed by atoms with van der Waals surface area (Å²) in [6.45, 7) is 6.46. The lowest BCUT2D eigenvalue weighted by atomic mass is 10.2. The topological polar surface area (TPSA) is 60.2 Å². The number of anilines is 1. The van der Waals surface area contributed by atoms with E-state index in [2.05, 4.69) is 9.80 Å². The number of carbonyl (C=O) groups is 2. The molecule has 0 radical (unpaired) electrons. The van der Waals surface area contributed by atoms with Crippen LogP contribution in [0.3, 0.4) is 0 Å². The molecule has 0 atom stereocenters. The summed E-state index contributed by atoms with van der Waals surface area (Å²) in [6.07, 6.45) is 4.84. The SMILES string of the molecule is O=C(CN1CCCN(CC(=O)N(Cc2ccco2)c2ccccc2)CC1)N1CCCC1. The van der Waals surface area contributed by atoms with Crippen LogP contribution in [0.2, 0.25) is 0 Å². The Balaban J connectivity index is 1.33. The predicted molar refractivity (Wildman–Crippen MR) is 120 cm³/mol. The average molecular weight is 425 g/mol. The third-order valence-electron chi connectivity index (χ3n) is 6.12. The van der Waals surface area contributed by atoms with E-state index in [1.165, 1.54) is 0 Å². The van der Waals surface area contributed by atoms with Gasteiger partial charge >= 0.3 is 0 Å². The quantitative estimate of drug-likeness (QED) is 0.683. The standard InChI is InChI=1S/C24H32N4O3/c29-23(27-13-4-5-14-27)19-25-11-7-12-26(16-15-25)20-24(30)28(18-22-10-6-17-31-22)21-8-2-1-3-9-21/h1-3,6,8-10,17H,4-5,7,11-16,18-20H2. The summed E-state index contributed by atoms with van der Waals surface area (Å²) in [5.41, 5.74) is 0.872. The highest BCUT2D eigenvalue weighted by molar-refractivity contribution is 5.94. The van der Waals surface area contributed by atoms with Gasteiger partial charge in [0, 0.05) is 31.9 Å². The van der Waals surface area contributed by atoms with Gasteiger partial charge < -0.3 is 14.2 Å². The zero-order valence-corrected chi connectivity index (χ0v) is 18.1. The lowest BCUT2D eigenvalue weighted by Gasteiger charge is -2.26. The van der Waals surface area contributed by atoms with Crippen LogP contribution in [0.4, 0.5) is 5.69 Å². The van der Waals surface area contributed by atoms with Crippen molar-refractivity contribution in [3.8, 4) is 0 Å². The maximum atomic E-state index is 13.3. The van der Waals surface area contributed by atoms with Gasteiger partial charge in [0.05, 0.1) is 25.9 Å². The van der Waals surface area contributed by atoms with Gasteiger partial charge in [-0.25, -0.2) is 0 Å². The summed E-state index contributed by atoms with van der Waals surface area (Å²) in [5, 5.41) is 0. The van der Waals surface area contributed by atoms with Crippen LogP contribution in [0.25, 0.3) is 0 Å². The van der Waals surface area contributed by atoms with Crippen LogP contribution in [0, 0.1) is 0 Å². The van der Waals surface area contributed by atoms with Crippen molar-refractivity contribution in [3.63, 3.8) is 0 Å². The van der Waals surface area contributed by atoms with Crippen LogP contribution >= 0.6 is 0 Å². The highest BCUT2D eigenvalue weighted by Gasteiger charge is 2.25. The minimum Gasteiger partial charge on any atom is -0.467 e. The summed E-state index contributed by atoms with van der Waals surface area (Å²) in [4.78, 5) is 34.0. The van der Waals surface area contributed by atoms with Crippen molar-refractivity contribution >= 4 is 17.5 Å². The summed E-state index contributed by atoms with van der Waals surface area (Å²) >= 11 is 0. The highest BCUT2D eigenvalue weighted by atomic mass is 16.3. The second kappa shape index (κ2) is 10.6. The Bertz CT molecular complexity index is 834. The fourth-order valence-electron chi connectivity index (χ4n) is 4.36. The van der Waals surface area contributed by atoms with Crippen LogP contribution in [0.5, 0.6) is 0 Å². The molecule has 2 aliphatic rings. The fraction of sp³-hybridized carbons (Fsp3) is 0.500. The predicted octanol–water partition coefficient (Wildman–Crippen LogP) is 2.44. The molecule has 0 aliphatic carbocycles. The molecule has 2 amide bonds. The number of hydrogen-bond donors (Lipinski definition) is 0. The van der Waals surface area contributed by atoms with E-state index in [4.69, 9.17) is 4.42 Å². The van der Waals surface area contributed by atoms with E-state index < -0.39 is 0 Å². The van der Waals surface area contributed by atoms with E-state index in [9.17, 15) is 9.59 Å². The molecule has 1 aromatic carbocycles. The van der Waals surface area contributed by atoms with Crippen LogP contribution in [0.1, 0.15) is 25.0 Å². The molecule has 0 spiro atoms. The van der Waals surface area contributed by atoms with E-state index in [1.807, 2.05) is 47.4 Å². The maximum Gasteiger partial charge on any atom is 0.241 e. The number of carbonyl (C=O) groups excluding carboxylic acids is 2. The van der Waals surface area contributed by atoms with Gasteiger partial charge in [0.2, 0.25) is 11.8 Å². The first kappa shape index (κ1) is 21.6. The molecule has 166 valence electrons. The average Bonchev–Trinajstić information content (AvgIpc) is 3.46. The number of amides is 2. The van der Waals surface area contributed by atoms with Crippen LogP contribution in [0.15, 0.2) is 53.1 Å². The molecular formula is C24H32N4O3. The molecule has 2 aliphatic heterocycles. The molecule has 0 N–H and O–H groups in total. The van der Waals surface area contributed by atoms with Gasteiger partial charge in [-0.1, -0.05) is 18.2 Å². The number of furan rings is 1. The molecular weight excluding hydrogens is 392 g/mol. The van der Waals surface area contributed by atoms with Gasteiger partial charge in [-0.15, -0.1) is 0 Å². The second-order valence-corrected chi connectivity index (χ2v) is 8.39. The van der Waals surface area contributed by atoms with Crippen molar-refractivity contribution in [1.82, 2.24) is 14.7 Å². The number of benzene rings is 1. The van der Waals surface area contributed by atoms with Gasteiger partial charge in [-0.05, 0) is 56.6 Å². The van der Waals surface area contributed by atoms with Crippen molar-refractivity contribution < 1.29 is 14.0 Å². The van der Waals surface area contributed by atoms with Gasteiger partial charge in [0.1, 0.15) is 5.76 Å². The number of rotatable bonds is 7. The Morgan fingerprint density at radius 3 is 2.19 bits per heavy atom. The summed E-state index contributed by atoms with van der Waals surface area (Å²) in [5.74, 6) is 1.07. The smallest absolute Gasteiger partial charge is 0.241 e. The Kier molecular flexibility index (Phi) is 7.38. The number of likely N-dealkylation sites (tertiary alicyclic amines) is 1. The first-order chi connectivity index (χ1) is 15.2. The lowest BCUT2D eigenvalue weighted by Crippen LogP contribution is -2.43. The first-order valence-corrected chi connectivity index (χ1v) is 11.3. The summed E-state index contributed by atoms with van der Waals surface area (Å²) in [6, 6.07) is 13.5. The molecule has 31 heavy (non-hydrogen) atoms. The lowest BCUT2D eigenvalue weighted by molar-refractivity contribution is -0.131. The van der Waals surface area contributed by atoms with Crippen LogP contribution in [-0.4, -0.2) is 78.9 Å². The molecule has 2 fully saturated rings. The van der Waals surface area contributed by atoms with Crippen molar-refractivity contribution in [2.45, 2.75) is 25.8 Å². The molecule has 1 aromatic heterocycles. The fourth-order valence-corrected chi connectivity index (χ4v) is 4.36. The first-order valence-electron chi connectivity index (χ1n) is 11.3. The minimum absolute atomic E-state index is 0.0594. The third-order valence-corrected chi connectivity index (χ3v) is 6.12. The normalized spacial score (nSPS) is 18.1. The van der Waals surface area contributed by atoms with E-state index in [0.29, 0.717) is 19.6 Å². The molecule has 4 rings (SSSR count). The van der Waals surface area contributed by atoms with Crippen molar-refractivity contribution in [1.29, 1.82) is 0 Å². The Labute approximate surface area is 184 Å². The summed E-state index contributed by atoms with van der Waals surface area (Å²) < 4.78 is 5.49. The van der Waals surface area contributed by atoms with Crippen molar-refractivity contribution in [3.05, 3.63) is 54.5 Å². The number of hydrogen-bond acceptors (Lipinski definition) is 5. The van der Waals surface area contributed by atoms with Gasteiger partial charge in [-0.2, -0.15) is 0 Å². The second-order valence-electron chi connectivity index (χ2n) is 8.39. The minimum atomic E-state index is 0.0594. The van der Waals surface area contributed by atoms with Crippen molar-refractivity contribution in [2.75, 3.05) is 57.3 Å².